The van der Waals surface area contributed by atoms with Crippen molar-refractivity contribution in [1.29, 1.82) is 0 Å². The third-order valence-corrected chi connectivity index (χ3v) is 2.21. The molecule has 1 N–H and O–H groups in total. The normalized spacial score (nSPS) is 11.6. The van der Waals surface area contributed by atoms with Crippen molar-refractivity contribution in [2.24, 2.45) is 0 Å². The van der Waals surface area contributed by atoms with Crippen LogP contribution in [0.3, 0.4) is 0 Å². The summed E-state index contributed by atoms with van der Waals surface area (Å²) < 4.78 is 0. The molecule has 2 rings (SSSR count). The third-order valence-electron chi connectivity index (χ3n) is 2.21. The minimum Gasteiger partial charge on any atom is -0.515 e. The monoisotopic (exact) mass is 199 g/mol. The number of aliphatic hydroxyl groups is 1. The van der Waals surface area contributed by atoms with Crippen LogP contribution in [-0.4, -0.2) is 16.4 Å². The summed E-state index contributed by atoms with van der Waals surface area (Å²) in [5.74, 6) is 0. The molecule has 0 fully saturated rings. The maximum absolute atomic E-state index is 10.7. The fourth-order valence-corrected chi connectivity index (χ4v) is 1.50. The van der Waals surface area contributed by atoms with E-state index in [4.69, 9.17) is 5.11 Å². The second-order valence-electron chi connectivity index (χ2n) is 3.08. The molecule has 1 aromatic carbocycles. The van der Waals surface area contributed by atoms with Gasteiger partial charge in [-0.2, -0.15) is 0 Å². The molecule has 0 amide bonds. The number of benzene rings is 1. The van der Waals surface area contributed by atoms with Crippen molar-refractivity contribution >= 4 is 22.6 Å². The number of aromatic nitrogens is 1. The lowest BCUT2D eigenvalue weighted by atomic mass is 10.1. The lowest BCUT2D eigenvalue weighted by molar-refractivity contribution is -0.103. The smallest absolute Gasteiger partial charge is 0.155 e. The first-order valence-corrected chi connectivity index (χ1v) is 4.50. The van der Waals surface area contributed by atoms with E-state index in [0.29, 0.717) is 12.0 Å². The number of carbonyl (C=O) groups excluding carboxylic acids is 1. The molecule has 0 unspecified atom stereocenters. The van der Waals surface area contributed by atoms with Gasteiger partial charge in [0.05, 0.1) is 17.5 Å². The van der Waals surface area contributed by atoms with Crippen molar-refractivity contribution in [2.75, 3.05) is 0 Å². The highest BCUT2D eigenvalue weighted by Crippen LogP contribution is 2.21. The zero-order valence-electron chi connectivity index (χ0n) is 7.92. The maximum atomic E-state index is 10.7. The van der Waals surface area contributed by atoms with Gasteiger partial charge in [0, 0.05) is 11.6 Å². The van der Waals surface area contributed by atoms with Gasteiger partial charge in [-0.05, 0) is 11.5 Å². The van der Waals surface area contributed by atoms with Crippen LogP contribution in [0.1, 0.15) is 5.69 Å². The average Bonchev–Trinajstić information content (AvgIpc) is 2.31. The van der Waals surface area contributed by atoms with Gasteiger partial charge in [-0.15, -0.1) is 0 Å². The largest absolute Gasteiger partial charge is 0.515 e. The van der Waals surface area contributed by atoms with Crippen LogP contribution < -0.4 is 0 Å². The number of rotatable bonds is 2. The predicted molar refractivity (Wildman–Crippen MR) is 58.4 cm³/mol. The molecular formula is C12H9NO2. The number of aliphatic hydroxyl groups excluding tert-OH is 1. The van der Waals surface area contributed by atoms with Crippen LogP contribution in [-0.2, 0) is 4.79 Å². The van der Waals surface area contributed by atoms with Gasteiger partial charge in [-0.25, -0.2) is 0 Å². The van der Waals surface area contributed by atoms with Crippen LogP contribution in [0.5, 0.6) is 0 Å². The Balaban J connectivity index is 2.76. The summed E-state index contributed by atoms with van der Waals surface area (Å²) in [7, 11) is 0. The number of pyridine rings is 1. The molecule has 15 heavy (non-hydrogen) atoms. The Hall–Kier alpha value is -2.16. The van der Waals surface area contributed by atoms with Crippen molar-refractivity contribution in [3.05, 3.63) is 48.5 Å². The van der Waals surface area contributed by atoms with Gasteiger partial charge in [-0.3, -0.25) is 9.78 Å². The fraction of sp³-hybridized carbons (Fsp3) is 0. The molecule has 0 radical (unpaired) electrons. The number of carbonyl (C=O) groups is 1. The quantitative estimate of drug-likeness (QED) is 0.458. The topological polar surface area (TPSA) is 50.2 Å². The highest BCUT2D eigenvalue weighted by Gasteiger charge is 2.06. The summed E-state index contributed by atoms with van der Waals surface area (Å²) in [5.41, 5.74) is 0.692. The first-order valence-electron chi connectivity index (χ1n) is 4.50. The molecule has 0 aliphatic carbocycles. The van der Waals surface area contributed by atoms with E-state index < -0.39 is 0 Å². The summed E-state index contributed by atoms with van der Waals surface area (Å²) in [6, 6.07) is 9.44. The van der Waals surface area contributed by atoms with E-state index in [1.54, 1.807) is 6.20 Å². The van der Waals surface area contributed by atoms with Crippen molar-refractivity contribution < 1.29 is 9.90 Å². The fourth-order valence-electron chi connectivity index (χ4n) is 1.50. The molecule has 3 nitrogen and oxygen atoms in total. The van der Waals surface area contributed by atoms with Gasteiger partial charge >= 0.3 is 0 Å². The minimum atomic E-state index is 0.187. The standard InChI is InChI=1S/C12H9NO2/c14-7-10(8-15)12-11-4-2-1-3-9(11)5-6-13-12/h1-8,14H. The average molecular weight is 199 g/mol. The van der Waals surface area contributed by atoms with Gasteiger partial charge < -0.3 is 5.11 Å². The second-order valence-corrected chi connectivity index (χ2v) is 3.08. The highest BCUT2D eigenvalue weighted by atomic mass is 16.2. The summed E-state index contributed by atoms with van der Waals surface area (Å²) >= 11 is 0. The van der Waals surface area contributed by atoms with E-state index in [0.717, 1.165) is 17.0 Å². The summed E-state index contributed by atoms with van der Waals surface area (Å²) in [5, 5.41) is 10.7. The van der Waals surface area contributed by atoms with Crippen LogP contribution in [0.2, 0.25) is 0 Å². The van der Waals surface area contributed by atoms with Gasteiger partial charge in [0.2, 0.25) is 0 Å². The lowest BCUT2D eigenvalue weighted by Crippen LogP contribution is -1.92. The number of aldehydes is 1. The van der Waals surface area contributed by atoms with Gasteiger partial charge in [0.1, 0.15) is 0 Å². The highest BCUT2D eigenvalue weighted by molar-refractivity contribution is 6.11. The molecule has 0 aliphatic rings. The molecule has 0 spiro atoms. The maximum Gasteiger partial charge on any atom is 0.155 e. The van der Waals surface area contributed by atoms with Gasteiger partial charge in [0.15, 0.2) is 6.29 Å². The number of allylic oxidation sites excluding steroid dienone is 1. The molecule has 0 saturated carbocycles. The van der Waals surface area contributed by atoms with E-state index in [-0.39, 0.29) is 5.57 Å². The minimum absolute atomic E-state index is 0.187. The Bertz CT molecular complexity index is 527. The van der Waals surface area contributed by atoms with E-state index in [2.05, 4.69) is 4.98 Å². The van der Waals surface area contributed by atoms with Crippen LogP contribution in [0.4, 0.5) is 0 Å². The molecular weight excluding hydrogens is 190 g/mol. The SMILES string of the molecule is O=CC(=CO)c1nccc2ccccc12. The summed E-state index contributed by atoms with van der Waals surface area (Å²) in [6.07, 6.45) is 2.99. The van der Waals surface area contributed by atoms with Crippen LogP contribution in [0.15, 0.2) is 42.8 Å². The molecule has 0 bridgehead atoms. The Morgan fingerprint density at radius 1 is 1.27 bits per heavy atom. The molecule has 74 valence electrons. The van der Waals surface area contributed by atoms with E-state index in [9.17, 15) is 4.79 Å². The predicted octanol–water partition coefficient (Wildman–Crippen LogP) is 2.33. The number of nitrogens with zero attached hydrogens (tertiary/aromatic N) is 1. The number of fused-ring (bicyclic) bond motifs is 1. The van der Waals surface area contributed by atoms with E-state index in [1.807, 2.05) is 30.3 Å². The summed E-state index contributed by atoms with van der Waals surface area (Å²) in [4.78, 5) is 14.8. The number of hydrogen-bond acceptors (Lipinski definition) is 3. The first-order chi connectivity index (χ1) is 7.36. The van der Waals surface area contributed by atoms with Crippen LogP contribution in [0, 0.1) is 0 Å². The Morgan fingerprint density at radius 3 is 2.80 bits per heavy atom. The zero-order chi connectivity index (χ0) is 10.7. The second kappa shape index (κ2) is 3.92. The van der Waals surface area contributed by atoms with Crippen molar-refractivity contribution in [3.63, 3.8) is 0 Å². The molecule has 0 saturated heterocycles. The van der Waals surface area contributed by atoms with Crippen molar-refractivity contribution in [2.45, 2.75) is 0 Å². The Labute approximate surface area is 86.7 Å². The molecule has 3 heteroatoms. The zero-order valence-corrected chi connectivity index (χ0v) is 7.92. The summed E-state index contributed by atoms with van der Waals surface area (Å²) in [6.45, 7) is 0. The molecule has 0 atom stereocenters. The molecule has 1 aromatic heterocycles. The van der Waals surface area contributed by atoms with Gasteiger partial charge in [-0.1, -0.05) is 24.3 Å². The Kier molecular flexibility index (Phi) is 2.46. The molecule has 0 aliphatic heterocycles. The Morgan fingerprint density at radius 2 is 2.07 bits per heavy atom. The van der Waals surface area contributed by atoms with E-state index in [1.165, 1.54) is 0 Å². The van der Waals surface area contributed by atoms with Gasteiger partial charge in [0.25, 0.3) is 0 Å². The van der Waals surface area contributed by atoms with Crippen LogP contribution in [0.25, 0.3) is 16.3 Å². The third kappa shape index (κ3) is 1.59. The van der Waals surface area contributed by atoms with E-state index >= 15 is 0 Å². The molecule has 2 aromatic rings. The van der Waals surface area contributed by atoms with Crippen LogP contribution >= 0.6 is 0 Å². The first kappa shape index (κ1) is 9.40. The lowest BCUT2D eigenvalue weighted by Gasteiger charge is -2.03. The van der Waals surface area contributed by atoms with Crippen molar-refractivity contribution in [1.82, 2.24) is 4.98 Å². The number of hydrogen-bond donors (Lipinski definition) is 1. The molecule has 1 heterocycles. The van der Waals surface area contributed by atoms with Crippen molar-refractivity contribution in [3.8, 4) is 0 Å².